The van der Waals surface area contributed by atoms with Crippen molar-refractivity contribution in [2.45, 2.75) is 26.3 Å². The summed E-state index contributed by atoms with van der Waals surface area (Å²) < 4.78 is 13.5. The molecule has 0 aliphatic heterocycles. The van der Waals surface area contributed by atoms with Crippen LogP contribution in [0.15, 0.2) is 18.2 Å². The third kappa shape index (κ3) is 3.03. The first-order valence-electron chi connectivity index (χ1n) is 5.14. The van der Waals surface area contributed by atoms with E-state index >= 15 is 0 Å². The van der Waals surface area contributed by atoms with Gasteiger partial charge in [-0.3, -0.25) is 4.79 Å². The predicted molar refractivity (Wildman–Crippen MR) is 62.9 cm³/mol. The van der Waals surface area contributed by atoms with Crippen molar-refractivity contribution in [3.05, 3.63) is 34.6 Å². The fourth-order valence-corrected chi connectivity index (χ4v) is 1.52. The van der Waals surface area contributed by atoms with Gasteiger partial charge in [0.1, 0.15) is 11.6 Å². The molecule has 0 fully saturated rings. The van der Waals surface area contributed by atoms with Gasteiger partial charge in [0.05, 0.1) is 5.02 Å². The second-order valence-electron chi connectivity index (χ2n) is 4.00. The summed E-state index contributed by atoms with van der Waals surface area (Å²) in [5.41, 5.74) is 5.94. The number of rotatable bonds is 4. The second-order valence-corrected chi connectivity index (χ2v) is 4.41. The number of carbonyl (C=O) groups is 1. The minimum Gasteiger partial charge on any atom is -0.327 e. The first-order chi connectivity index (χ1) is 7.43. The molecule has 2 unspecified atom stereocenters. The number of hydrogen-bond acceptors (Lipinski definition) is 2. The second kappa shape index (κ2) is 5.41. The molecule has 0 spiro atoms. The Morgan fingerprint density at radius 2 is 2.12 bits per heavy atom. The van der Waals surface area contributed by atoms with E-state index in [4.69, 9.17) is 17.3 Å². The summed E-state index contributed by atoms with van der Waals surface area (Å²) in [5.74, 6) is -0.871. The molecule has 0 saturated heterocycles. The van der Waals surface area contributed by atoms with Crippen LogP contribution in [0.2, 0.25) is 5.02 Å². The quantitative estimate of drug-likeness (QED) is 0.883. The van der Waals surface area contributed by atoms with Crippen LogP contribution in [0.4, 0.5) is 4.39 Å². The molecule has 0 bridgehead atoms. The summed E-state index contributed by atoms with van der Waals surface area (Å²) in [6.45, 7) is 3.51. The number of benzene rings is 1. The summed E-state index contributed by atoms with van der Waals surface area (Å²) in [7, 11) is 0. The molecule has 0 aliphatic carbocycles. The standard InChI is InChI=1S/C12H15ClFNO/c1-7(8(2)15)11(16)6-9-4-3-5-10(13)12(9)14/h3-5,7-8H,6,15H2,1-2H3. The van der Waals surface area contributed by atoms with E-state index in [1.165, 1.54) is 6.07 Å². The van der Waals surface area contributed by atoms with Crippen LogP contribution in [-0.4, -0.2) is 11.8 Å². The molecule has 0 aliphatic rings. The van der Waals surface area contributed by atoms with Gasteiger partial charge >= 0.3 is 0 Å². The molecule has 4 heteroatoms. The molecule has 2 atom stereocenters. The lowest BCUT2D eigenvalue weighted by Gasteiger charge is -2.14. The van der Waals surface area contributed by atoms with Crippen LogP contribution in [0.1, 0.15) is 19.4 Å². The molecule has 1 rings (SSSR count). The lowest BCUT2D eigenvalue weighted by atomic mass is 9.94. The van der Waals surface area contributed by atoms with Gasteiger partial charge in [0.25, 0.3) is 0 Å². The van der Waals surface area contributed by atoms with Gasteiger partial charge in [0, 0.05) is 18.4 Å². The lowest BCUT2D eigenvalue weighted by molar-refractivity contribution is -0.122. The van der Waals surface area contributed by atoms with E-state index in [1.54, 1.807) is 26.0 Å². The fourth-order valence-electron chi connectivity index (χ4n) is 1.33. The summed E-state index contributed by atoms with van der Waals surface area (Å²) in [5, 5.41) is 0.0405. The van der Waals surface area contributed by atoms with Crippen LogP contribution in [0.5, 0.6) is 0 Å². The normalized spacial score (nSPS) is 14.6. The van der Waals surface area contributed by atoms with Crippen molar-refractivity contribution in [3.8, 4) is 0 Å². The molecule has 0 saturated carbocycles. The van der Waals surface area contributed by atoms with Gasteiger partial charge in [0.2, 0.25) is 0 Å². The number of Topliss-reactive ketones (excluding diaryl/α,β-unsaturated/α-hetero) is 1. The summed E-state index contributed by atoms with van der Waals surface area (Å²) in [6.07, 6.45) is 0.0368. The van der Waals surface area contributed by atoms with E-state index in [1.807, 2.05) is 0 Å². The average Bonchev–Trinajstić information content (AvgIpc) is 2.23. The van der Waals surface area contributed by atoms with Crippen LogP contribution >= 0.6 is 11.6 Å². The number of carbonyl (C=O) groups excluding carboxylic acids is 1. The van der Waals surface area contributed by atoms with Crippen molar-refractivity contribution in [2.75, 3.05) is 0 Å². The molecule has 2 nitrogen and oxygen atoms in total. The SMILES string of the molecule is CC(N)C(C)C(=O)Cc1cccc(Cl)c1F. The molecule has 2 N–H and O–H groups in total. The molecule has 1 aromatic carbocycles. The molecule has 0 amide bonds. The number of nitrogens with two attached hydrogens (primary N) is 1. The molecule has 0 aromatic heterocycles. The topological polar surface area (TPSA) is 43.1 Å². The van der Waals surface area contributed by atoms with E-state index in [2.05, 4.69) is 0 Å². The molecular weight excluding hydrogens is 229 g/mol. The van der Waals surface area contributed by atoms with Crippen LogP contribution in [0.3, 0.4) is 0 Å². The maximum atomic E-state index is 13.5. The zero-order valence-electron chi connectivity index (χ0n) is 9.34. The minimum absolute atomic E-state index is 0.0368. The number of ketones is 1. The summed E-state index contributed by atoms with van der Waals surface area (Å²) in [6, 6.07) is 4.42. The molecule has 88 valence electrons. The Hall–Kier alpha value is -0.930. The maximum absolute atomic E-state index is 13.5. The highest BCUT2D eigenvalue weighted by Gasteiger charge is 2.19. The van der Waals surface area contributed by atoms with E-state index < -0.39 is 5.82 Å². The third-order valence-corrected chi connectivity index (χ3v) is 2.98. The van der Waals surface area contributed by atoms with Gasteiger partial charge in [-0.25, -0.2) is 4.39 Å². The molecule has 1 aromatic rings. The Bertz CT molecular complexity index is 393. The van der Waals surface area contributed by atoms with Gasteiger partial charge in [-0.05, 0) is 18.6 Å². The van der Waals surface area contributed by atoms with Gasteiger partial charge < -0.3 is 5.73 Å². The Morgan fingerprint density at radius 3 is 2.69 bits per heavy atom. The van der Waals surface area contributed by atoms with E-state index in [0.717, 1.165) is 0 Å². The highest BCUT2D eigenvalue weighted by molar-refractivity contribution is 6.30. The smallest absolute Gasteiger partial charge is 0.145 e. The minimum atomic E-state index is -0.519. The number of hydrogen-bond donors (Lipinski definition) is 1. The summed E-state index contributed by atoms with van der Waals surface area (Å²) in [4.78, 5) is 11.7. The Labute approximate surface area is 99.6 Å². The predicted octanol–water partition coefficient (Wildman–Crippen LogP) is 2.57. The van der Waals surface area contributed by atoms with Crippen molar-refractivity contribution in [1.29, 1.82) is 0 Å². The zero-order chi connectivity index (χ0) is 12.3. The first kappa shape index (κ1) is 13.1. The Morgan fingerprint density at radius 1 is 1.50 bits per heavy atom. The van der Waals surface area contributed by atoms with Crippen LogP contribution in [0.25, 0.3) is 0 Å². The highest BCUT2D eigenvalue weighted by Crippen LogP contribution is 2.19. The first-order valence-corrected chi connectivity index (χ1v) is 5.52. The summed E-state index contributed by atoms with van der Waals surface area (Å²) >= 11 is 5.63. The van der Waals surface area contributed by atoms with E-state index in [-0.39, 0.29) is 29.2 Å². The van der Waals surface area contributed by atoms with Gasteiger partial charge in [0.15, 0.2) is 0 Å². The molecular formula is C12H15ClFNO. The largest absolute Gasteiger partial charge is 0.327 e. The Kier molecular flexibility index (Phi) is 4.44. The van der Waals surface area contributed by atoms with Gasteiger partial charge in [-0.15, -0.1) is 0 Å². The fraction of sp³-hybridized carbons (Fsp3) is 0.417. The lowest BCUT2D eigenvalue weighted by Crippen LogP contribution is -2.31. The van der Waals surface area contributed by atoms with Crippen molar-refractivity contribution in [1.82, 2.24) is 0 Å². The monoisotopic (exact) mass is 243 g/mol. The van der Waals surface area contributed by atoms with E-state index in [9.17, 15) is 9.18 Å². The van der Waals surface area contributed by atoms with Crippen LogP contribution in [-0.2, 0) is 11.2 Å². The van der Waals surface area contributed by atoms with Crippen LogP contribution < -0.4 is 5.73 Å². The third-order valence-electron chi connectivity index (χ3n) is 2.69. The van der Waals surface area contributed by atoms with Gasteiger partial charge in [-0.1, -0.05) is 30.7 Å². The Balaban J connectivity index is 2.81. The molecule has 0 heterocycles. The van der Waals surface area contributed by atoms with Gasteiger partial charge in [-0.2, -0.15) is 0 Å². The van der Waals surface area contributed by atoms with Crippen molar-refractivity contribution in [2.24, 2.45) is 11.7 Å². The zero-order valence-corrected chi connectivity index (χ0v) is 10.1. The van der Waals surface area contributed by atoms with Crippen LogP contribution in [0, 0.1) is 11.7 Å². The molecule has 0 radical (unpaired) electrons. The highest BCUT2D eigenvalue weighted by atomic mass is 35.5. The average molecular weight is 244 g/mol. The maximum Gasteiger partial charge on any atom is 0.145 e. The molecule has 16 heavy (non-hydrogen) atoms. The number of halogens is 2. The van der Waals surface area contributed by atoms with Crippen molar-refractivity contribution >= 4 is 17.4 Å². The van der Waals surface area contributed by atoms with Crippen molar-refractivity contribution in [3.63, 3.8) is 0 Å². The van der Waals surface area contributed by atoms with E-state index in [0.29, 0.717) is 5.56 Å². The van der Waals surface area contributed by atoms with Crippen molar-refractivity contribution < 1.29 is 9.18 Å².